The lowest BCUT2D eigenvalue weighted by Crippen LogP contribution is -2.48. The quantitative estimate of drug-likeness (QED) is 0.620. The van der Waals surface area contributed by atoms with Crippen LogP contribution < -0.4 is 16.2 Å². The number of nitrogens with one attached hydrogen (secondary N) is 1. The Morgan fingerprint density at radius 2 is 1.86 bits per heavy atom. The summed E-state index contributed by atoms with van der Waals surface area (Å²) in [6.45, 7) is 5.18. The van der Waals surface area contributed by atoms with E-state index in [9.17, 15) is 13.2 Å². The van der Waals surface area contributed by atoms with Crippen LogP contribution in [0.2, 0.25) is 0 Å². The zero-order valence-electron chi connectivity index (χ0n) is 12.6. The van der Waals surface area contributed by atoms with Gasteiger partial charge in [-0.3, -0.25) is 4.79 Å². The third-order valence-electron chi connectivity index (χ3n) is 3.57. The van der Waals surface area contributed by atoms with E-state index < -0.39 is 10.2 Å². The van der Waals surface area contributed by atoms with Crippen LogP contribution in [0.5, 0.6) is 0 Å². The molecule has 1 amide bonds. The predicted molar refractivity (Wildman–Crippen MR) is 85.1 cm³/mol. The minimum atomic E-state index is -3.64. The molecule has 21 heavy (non-hydrogen) atoms. The summed E-state index contributed by atoms with van der Waals surface area (Å²) in [4.78, 5) is 12.1. The SMILES string of the molecule is CC(C)CC(CN)NC(=O)C1CCN(S(N)(=O)=O)CC1.Cl. The third kappa shape index (κ3) is 6.92. The first-order chi connectivity index (χ1) is 9.24. The molecule has 1 heterocycles. The van der Waals surface area contributed by atoms with E-state index in [1.165, 1.54) is 4.31 Å². The van der Waals surface area contributed by atoms with Crippen molar-refractivity contribution in [3.8, 4) is 0 Å². The van der Waals surface area contributed by atoms with Crippen molar-refractivity contribution in [2.24, 2.45) is 22.7 Å². The molecular formula is C12H27ClN4O3S. The van der Waals surface area contributed by atoms with Gasteiger partial charge in [-0.15, -0.1) is 12.4 Å². The zero-order chi connectivity index (χ0) is 15.3. The molecule has 0 aromatic carbocycles. The lowest BCUT2D eigenvalue weighted by atomic mass is 9.96. The smallest absolute Gasteiger partial charge is 0.276 e. The van der Waals surface area contributed by atoms with Gasteiger partial charge in [0.1, 0.15) is 0 Å². The minimum absolute atomic E-state index is 0. The van der Waals surface area contributed by atoms with Crippen molar-refractivity contribution in [3.05, 3.63) is 0 Å². The summed E-state index contributed by atoms with van der Waals surface area (Å²) in [5, 5.41) is 8.03. The van der Waals surface area contributed by atoms with Gasteiger partial charge in [0.05, 0.1) is 0 Å². The monoisotopic (exact) mass is 342 g/mol. The van der Waals surface area contributed by atoms with Crippen molar-refractivity contribution in [3.63, 3.8) is 0 Å². The molecule has 1 rings (SSSR count). The van der Waals surface area contributed by atoms with Crippen LogP contribution in [0.4, 0.5) is 0 Å². The first-order valence-electron chi connectivity index (χ1n) is 7.02. The Hall–Kier alpha value is -0.410. The first-order valence-corrected chi connectivity index (χ1v) is 8.52. The number of hydrogen-bond acceptors (Lipinski definition) is 4. The summed E-state index contributed by atoms with van der Waals surface area (Å²) in [5.74, 6) is 0.275. The van der Waals surface area contributed by atoms with E-state index in [0.29, 0.717) is 38.4 Å². The first kappa shape index (κ1) is 20.6. The largest absolute Gasteiger partial charge is 0.352 e. The van der Waals surface area contributed by atoms with E-state index in [4.69, 9.17) is 10.9 Å². The molecule has 0 aromatic heterocycles. The van der Waals surface area contributed by atoms with Crippen molar-refractivity contribution >= 4 is 28.5 Å². The van der Waals surface area contributed by atoms with E-state index in [2.05, 4.69) is 19.2 Å². The Morgan fingerprint density at radius 3 is 2.24 bits per heavy atom. The number of carbonyl (C=O) groups is 1. The van der Waals surface area contributed by atoms with Crippen LogP contribution in [0.1, 0.15) is 33.1 Å². The summed E-state index contributed by atoms with van der Waals surface area (Å²) in [6.07, 6.45) is 1.85. The summed E-state index contributed by atoms with van der Waals surface area (Å²) in [5.41, 5.74) is 5.66. The standard InChI is InChI=1S/C12H26N4O3S.ClH/c1-9(2)7-11(8-13)15-12(17)10-3-5-16(6-4-10)20(14,18)19;/h9-11H,3-8,13H2,1-2H3,(H,15,17)(H2,14,18,19);1H. The third-order valence-corrected chi connectivity index (χ3v) is 4.66. The number of piperidine rings is 1. The van der Waals surface area contributed by atoms with Gasteiger partial charge >= 0.3 is 0 Å². The van der Waals surface area contributed by atoms with Crippen molar-refractivity contribution in [1.82, 2.24) is 9.62 Å². The fraction of sp³-hybridized carbons (Fsp3) is 0.917. The maximum Gasteiger partial charge on any atom is 0.276 e. The Balaban J connectivity index is 0.00000400. The molecule has 5 N–H and O–H groups in total. The Morgan fingerprint density at radius 1 is 1.33 bits per heavy atom. The molecule has 7 nitrogen and oxygen atoms in total. The van der Waals surface area contributed by atoms with Gasteiger partial charge in [-0.2, -0.15) is 12.7 Å². The highest BCUT2D eigenvalue weighted by atomic mass is 35.5. The highest BCUT2D eigenvalue weighted by molar-refractivity contribution is 7.86. The van der Waals surface area contributed by atoms with Crippen molar-refractivity contribution in [2.75, 3.05) is 19.6 Å². The van der Waals surface area contributed by atoms with Crippen LogP contribution in [0.25, 0.3) is 0 Å². The van der Waals surface area contributed by atoms with E-state index in [1.807, 2.05) is 0 Å². The molecule has 126 valence electrons. The van der Waals surface area contributed by atoms with Gasteiger partial charge in [0, 0.05) is 31.6 Å². The molecule has 0 spiro atoms. The van der Waals surface area contributed by atoms with Gasteiger partial charge in [0.15, 0.2) is 0 Å². The van der Waals surface area contributed by atoms with Crippen molar-refractivity contribution < 1.29 is 13.2 Å². The van der Waals surface area contributed by atoms with Crippen LogP contribution in [-0.2, 0) is 15.0 Å². The predicted octanol–water partition coefficient (Wildman–Crippen LogP) is -0.187. The van der Waals surface area contributed by atoms with Gasteiger partial charge in [-0.1, -0.05) is 13.8 Å². The van der Waals surface area contributed by atoms with Crippen molar-refractivity contribution in [2.45, 2.75) is 39.2 Å². The number of hydrogen-bond donors (Lipinski definition) is 3. The molecule has 1 fully saturated rings. The van der Waals surface area contributed by atoms with Gasteiger partial charge in [0.2, 0.25) is 5.91 Å². The molecule has 0 bridgehead atoms. The minimum Gasteiger partial charge on any atom is -0.352 e. The molecule has 1 aliphatic heterocycles. The average Bonchev–Trinajstić information content (AvgIpc) is 2.36. The van der Waals surface area contributed by atoms with E-state index in [1.54, 1.807) is 0 Å². The second-order valence-electron chi connectivity index (χ2n) is 5.79. The molecule has 0 saturated carbocycles. The molecule has 0 aliphatic carbocycles. The molecule has 1 aliphatic rings. The zero-order valence-corrected chi connectivity index (χ0v) is 14.3. The number of amides is 1. The fourth-order valence-electron chi connectivity index (χ4n) is 2.47. The number of nitrogens with two attached hydrogens (primary N) is 2. The normalized spacial score (nSPS) is 19.1. The molecule has 1 unspecified atom stereocenters. The Labute approximate surface area is 133 Å². The fourth-order valence-corrected chi connectivity index (χ4v) is 3.19. The second-order valence-corrected chi connectivity index (χ2v) is 7.34. The molecule has 0 aromatic rings. The van der Waals surface area contributed by atoms with Gasteiger partial charge in [-0.05, 0) is 25.2 Å². The lowest BCUT2D eigenvalue weighted by molar-refractivity contribution is -0.126. The summed E-state index contributed by atoms with van der Waals surface area (Å²) in [6, 6.07) is -0.0150. The number of halogens is 1. The summed E-state index contributed by atoms with van der Waals surface area (Å²) < 4.78 is 23.6. The highest BCUT2D eigenvalue weighted by Crippen LogP contribution is 2.19. The second kappa shape index (κ2) is 8.89. The van der Waals surface area contributed by atoms with Crippen LogP contribution in [0.3, 0.4) is 0 Å². The lowest BCUT2D eigenvalue weighted by Gasteiger charge is -2.30. The van der Waals surface area contributed by atoms with Crippen LogP contribution in [-0.4, -0.2) is 44.3 Å². The van der Waals surface area contributed by atoms with Gasteiger partial charge in [0.25, 0.3) is 10.2 Å². The van der Waals surface area contributed by atoms with Crippen LogP contribution >= 0.6 is 12.4 Å². The van der Waals surface area contributed by atoms with Gasteiger partial charge in [-0.25, -0.2) is 5.14 Å². The summed E-state index contributed by atoms with van der Waals surface area (Å²) in [7, 11) is -3.64. The van der Waals surface area contributed by atoms with E-state index in [-0.39, 0.29) is 30.3 Å². The summed E-state index contributed by atoms with van der Waals surface area (Å²) >= 11 is 0. The molecule has 1 saturated heterocycles. The number of carbonyl (C=O) groups excluding carboxylic acids is 1. The van der Waals surface area contributed by atoms with E-state index in [0.717, 1.165) is 6.42 Å². The topological polar surface area (TPSA) is 119 Å². The molecule has 9 heteroatoms. The Kier molecular flexibility index (Phi) is 8.72. The molecular weight excluding hydrogens is 316 g/mol. The van der Waals surface area contributed by atoms with E-state index >= 15 is 0 Å². The number of nitrogens with zero attached hydrogens (tertiary/aromatic N) is 1. The van der Waals surface area contributed by atoms with Crippen LogP contribution in [0.15, 0.2) is 0 Å². The molecule has 0 radical (unpaired) electrons. The Bertz CT molecular complexity index is 422. The maximum atomic E-state index is 12.1. The van der Waals surface area contributed by atoms with Crippen LogP contribution in [0, 0.1) is 11.8 Å². The highest BCUT2D eigenvalue weighted by Gasteiger charge is 2.30. The van der Waals surface area contributed by atoms with Gasteiger partial charge < -0.3 is 11.1 Å². The maximum absolute atomic E-state index is 12.1. The molecule has 1 atom stereocenters. The average molecular weight is 343 g/mol. The number of rotatable bonds is 6. The van der Waals surface area contributed by atoms with Crippen molar-refractivity contribution in [1.29, 1.82) is 0 Å².